The van der Waals surface area contributed by atoms with E-state index in [1.165, 1.54) is 27.0 Å². The minimum absolute atomic E-state index is 0.0754. The summed E-state index contributed by atoms with van der Waals surface area (Å²) >= 11 is 2.42. The number of ether oxygens (including phenoxy) is 1. The third-order valence-electron chi connectivity index (χ3n) is 4.81. The summed E-state index contributed by atoms with van der Waals surface area (Å²) in [6.07, 6.45) is 1.55. The van der Waals surface area contributed by atoms with Crippen LogP contribution in [-0.2, 0) is 10.0 Å². The van der Waals surface area contributed by atoms with Gasteiger partial charge in [0.25, 0.3) is 15.9 Å². The average Bonchev–Trinajstić information content (AvgIpc) is 3.47. The molecule has 30 heavy (non-hydrogen) atoms. The van der Waals surface area contributed by atoms with Crippen LogP contribution >= 0.6 is 22.7 Å². The lowest BCUT2D eigenvalue weighted by Gasteiger charge is -2.30. The van der Waals surface area contributed by atoms with Gasteiger partial charge in [-0.05, 0) is 48.6 Å². The molecule has 1 aliphatic rings. The van der Waals surface area contributed by atoms with Gasteiger partial charge in [0.05, 0.1) is 7.11 Å². The molecule has 0 aliphatic carbocycles. The molecule has 0 saturated carbocycles. The Balaban J connectivity index is 1.44. The lowest BCUT2D eigenvalue weighted by Crippen LogP contribution is -2.38. The maximum atomic E-state index is 12.8. The van der Waals surface area contributed by atoms with Crippen LogP contribution < -0.4 is 10.1 Å². The summed E-state index contributed by atoms with van der Waals surface area (Å²) in [7, 11) is -1.92. The van der Waals surface area contributed by atoms with Crippen LogP contribution in [0.15, 0.2) is 46.0 Å². The fourth-order valence-electron chi connectivity index (χ4n) is 3.25. The number of nitrogens with zero attached hydrogens (tertiary/aromatic N) is 3. The minimum Gasteiger partial charge on any atom is -0.497 e. The standard InChI is InChI=1S/C19H20N4O4S3/c1-27-15-8-6-14(7-9-15)20-17(24)19-22-21-18(29-19)13-4-2-10-23(12-13)30(25,26)16-5-3-11-28-16/h3,5-9,11,13H,2,4,10,12H2,1H3,(H,20,24)/t13-/m0/s1. The van der Waals surface area contributed by atoms with Gasteiger partial charge in [0, 0.05) is 24.7 Å². The third-order valence-corrected chi connectivity index (χ3v) is 9.13. The van der Waals surface area contributed by atoms with Gasteiger partial charge in [0.2, 0.25) is 5.01 Å². The topological polar surface area (TPSA) is 101 Å². The maximum Gasteiger partial charge on any atom is 0.286 e. The van der Waals surface area contributed by atoms with Gasteiger partial charge in [-0.25, -0.2) is 8.42 Å². The average molecular weight is 465 g/mol. The molecule has 1 saturated heterocycles. The molecule has 0 unspecified atom stereocenters. The summed E-state index contributed by atoms with van der Waals surface area (Å²) in [6, 6.07) is 10.4. The number of hydrogen-bond donors (Lipinski definition) is 1. The molecule has 3 aromatic rings. The molecule has 2 aromatic heterocycles. The van der Waals surface area contributed by atoms with Gasteiger partial charge in [-0.2, -0.15) is 4.31 Å². The number of hydrogen-bond acceptors (Lipinski definition) is 8. The molecule has 4 rings (SSSR count). The zero-order chi connectivity index (χ0) is 21.1. The Morgan fingerprint density at radius 2 is 2.03 bits per heavy atom. The lowest BCUT2D eigenvalue weighted by molar-refractivity contribution is 0.102. The molecule has 3 heterocycles. The molecular formula is C19H20N4O4S3. The van der Waals surface area contributed by atoms with Crippen molar-refractivity contribution in [2.24, 2.45) is 0 Å². The summed E-state index contributed by atoms with van der Waals surface area (Å²) in [5.74, 6) is 0.280. The number of anilines is 1. The molecule has 0 spiro atoms. The smallest absolute Gasteiger partial charge is 0.286 e. The van der Waals surface area contributed by atoms with E-state index < -0.39 is 10.0 Å². The zero-order valence-corrected chi connectivity index (χ0v) is 18.6. The van der Waals surface area contributed by atoms with E-state index in [0.717, 1.165) is 12.8 Å². The highest BCUT2D eigenvalue weighted by Gasteiger charge is 2.33. The highest BCUT2D eigenvalue weighted by molar-refractivity contribution is 7.91. The Kier molecular flexibility index (Phi) is 6.14. The van der Waals surface area contributed by atoms with E-state index in [4.69, 9.17) is 4.74 Å². The number of nitrogens with one attached hydrogen (secondary N) is 1. The molecule has 1 N–H and O–H groups in total. The zero-order valence-electron chi connectivity index (χ0n) is 16.1. The summed E-state index contributed by atoms with van der Waals surface area (Å²) < 4.78 is 32.6. The Morgan fingerprint density at radius 1 is 1.23 bits per heavy atom. The third kappa shape index (κ3) is 4.38. The van der Waals surface area contributed by atoms with Crippen molar-refractivity contribution >= 4 is 44.3 Å². The molecule has 1 atom stereocenters. The largest absolute Gasteiger partial charge is 0.497 e. The monoisotopic (exact) mass is 464 g/mol. The minimum atomic E-state index is -3.50. The van der Waals surface area contributed by atoms with Gasteiger partial charge in [0.1, 0.15) is 15.0 Å². The van der Waals surface area contributed by atoms with E-state index in [-0.39, 0.29) is 16.8 Å². The lowest BCUT2D eigenvalue weighted by atomic mass is 10.0. The number of sulfonamides is 1. The number of rotatable bonds is 6. The quantitative estimate of drug-likeness (QED) is 0.600. The second-order valence-corrected chi connectivity index (χ2v) is 10.9. The highest BCUT2D eigenvalue weighted by Crippen LogP contribution is 2.33. The predicted octanol–water partition coefficient (Wildman–Crippen LogP) is 3.43. The Hall–Kier alpha value is -2.34. The number of amides is 1. The van der Waals surface area contributed by atoms with Crippen LogP contribution in [0.3, 0.4) is 0 Å². The van der Waals surface area contributed by atoms with E-state index in [1.54, 1.807) is 48.9 Å². The number of piperidine rings is 1. The molecule has 1 aliphatic heterocycles. The van der Waals surface area contributed by atoms with Crippen LogP contribution in [0.5, 0.6) is 5.75 Å². The Labute approximate surface area is 182 Å². The first-order valence-corrected chi connectivity index (χ1v) is 12.4. The summed E-state index contributed by atoms with van der Waals surface area (Å²) in [5.41, 5.74) is 0.628. The first kappa shape index (κ1) is 20.9. The summed E-state index contributed by atoms with van der Waals surface area (Å²) in [5, 5.41) is 13.7. The van der Waals surface area contributed by atoms with Crippen molar-refractivity contribution in [1.29, 1.82) is 0 Å². The number of aromatic nitrogens is 2. The molecule has 1 amide bonds. The van der Waals surface area contributed by atoms with E-state index in [0.29, 0.717) is 33.7 Å². The van der Waals surface area contributed by atoms with Gasteiger partial charge in [0.15, 0.2) is 0 Å². The van der Waals surface area contributed by atoms with Crippen molar-refractivity contribution < 1.29 is 17.9 Å². The first-order chi connectivity index (χ1) is 14.5. The molecule has 11 heteroatoms. The van der Waals surface area contributed by atoms with E-state index in [1.807, 2.05) is 0 Å². The fourth-order valence-corrected chi connectivity index (χ4v) is 6.78. The van der Waals surface area contributed by atoms with Crippen molar-refractivity contribution in [3.8, 4) is 5.75 Å². The van der Waals surface area contributed by atoms with Crippen molar-refractivity contribution in [3.63, 3.8) is 0 Å². The van der Waals surface area contributed by atoms with Crippen molar-refractivity contribution in [2.75, 3.05) is 25.5 Å². The second-order valence-electron chi connectivity index (χ2n) is 6.76. The molecule has 0 bridgehead atoms. The normalized spacial score (nSPS) is 17.6. The maximum absolute atomic E-state index is 12.8. The number of benzene rings is 1. The molecular weight excluding hydrogens is 444 g/mol. The molecule has 1 fully saturated rings. The van der Waals surface area contributed by atoms with E-state index >= 15 is 0 Å². The fraction of sp³-hybridized carbons (Fsp3) is 0.316. The van der Waals surface area contributed by atoms with Crippen LogP contribution in [0.2, 0.25) is 0 Å². The van der Waals surface area contributed by atoms with Crippen molar-refractivity contribution in [2.45, 2.75) is 23.0 Å². The summed E-state index contributed by atoms with van der Waals surface area (Å²) in [6.45, 7) is 0.829. The van der Waals surface area contributed by atoms with Gasteiger partial charge in [-0.15, -0.1) is 21.5 Å². The van der Waals surface area contributed by atoms with E-state index in [9.17, 15) is 13.2 Å². The molecule has 1 aromatic carbocycles. The number of carbonyl (C=O) groups is 1. The van der Waals surface area contributed by atoms with Crippen LogP contribution in [0.25, 0.3) is 0 Å². The molecule has 0 radical (unpaired) electrons. The predicted molar refractivity (Wildman–Crippen MR) is 116 cm³/mol. The van der Waals surface area contributed by atoms with Crippen LogP contribution in [0.4, 0.5) is 5.69 Å². The first-order valence-electron chi connectivity index (χ1n) is 9.30. The SMILES string of the molecule is COc1ccc(NC(=O)c2nnc([C@H]3CCCN(S(=O)(=O)c4cccs4)C3)s2)cc1. The van der Waals surface area contributed by atoms with Crippen LogP contribution in [0, 0.1) is 0 Å². The Morgan fingerprint density at radius 3 is 2.73 bits per heavy atom. The highest BCUT2D eigenvalue weighted by atomic mass is 32.2. The molecule has 158 valence electrons. The summed E-state index contributed by atoms with van der Waals surface area (Å²) in [4.78, 5) is 12.5. The Bertz CT molecular complexity index is 1110. The van der Waals surface area contributed by atoms with Crippen molar-refractivity contribution in [3.05, 3.63) is 51.8 Å². The van der Waals surface area contributed by atoms with Crippen LogP contribution in [-0.4, -0.2) is 49.0 Å². The van der Waals surface area contributed by atoms with Gasteiger partial charge in [-0.1, -0.05) is 17.4 Å². The van der Waals surface area contributed by atoms with Gasteiger partial charge in [-0.3, -0.25) is 4.79 Å². The number of thiophene rings is 1. The van der Waals surface area contributed by atoms with Gasteiger partial charge >= 0.3 is 0 Å². The van der Waals surface area contributed by atoms with E-state index in [2.05, 4.69) is 15.5 Å². The van der Waals surface area contributed by atoms with Crippen molar-refractivity contribution in [1.82, 2.24) is 14.5 Å². The number of methoxy groups -OCH3 is 1. The number of carbonyl (C=O) groups excluding carboxylic acids is 1. The molecule has 8 nitrogen and oxygen atoms in total. The van der Waals surface area contributed by atoms with Gasteiger partial charge < -0.3 is 10.1 Å². The van der Waals surface area contributed by atoms with Crippen LogP contribution in [0.1, 0.15) is 33.6 Å². The second kappa shape index (κ2) is 8.80.